The summed E-state index contributed by atoms with van der Waals surface area (Å²) in [7, 11) is 3.97. The number of nitrogens with zero attached hydrogens (tertiary/aromatic N) is 1. The van der Waals surface area contributed by atoms with E-state index in [4.69, 9.17) is 0 Å². The smallest absolute Gasteiger partial charge is 0.163 e. The fourth-order valence-corrected chi connectivity index (χ4v) is 3.65. The van der Waals surface area contributed by atoms with Gasteiger partial charge in [0.05, 0.1) is 0 Å². The van der Waals surface area contributed by atoms with Crippen molar-refractivity contribution in [2.24, 2.45) is 5.92 Å². The highest BCUT2D eigenvalue weighted by molar-refractivity contribution is 6.02. The molecule has 0 aromatic heterocycles. The van der Waals surface area contributed by atoms with Crippen molar-refractivity contribution in [1.82, 2.24) is 4.90 Å². The Hall–Kier alpha value is -2.26. The Labute approximate surface area is 149 Å². The van der Waals surface area contributed by atoms with Gasteiger partial charge in [-0.05, 0) is 56.1 Å². The summed E-state index contributed by atoms with van der Waals surface area (Å²) in [6, 6.07) is 16.9. The summed E-state index contributed by atoms with van der Waals surface area (Å²) < 4.78 is 14.0. The maximum atomic E-state index is 14.0. The third-order valence-electron chi connectivity index (χ3n) is 4.81. The molecule has 0 bridgehead atoms. The molecule has 2 aromatic rings. The molecule has 1 saturated carbocycles. The van der Waals surface area contributed by atoms with Crippen LogP contribution in [0.5, 0.6) is 0 Å². The van der Waals surface area contributed by atoms with Crippen molar-refractivity contribution in [3.63, 3.8) is 0 Å². The summed E-state index contributed by atoms with van der Waals surface area (Å²) in [5.74, 6) is 0.117. The average Bonchev–Trinajstić information content (AvgIpc) is 2.60. The van der Waals surface area contributed by atoms with Crippen LogP contribution in [0.25, 0.3) is 6.08 Å². The topological polar surface area (TPSA) is 20.3 Å². The molecule has 25 heavy (non-hydrogen) atoms. The van der Waals surface area contributed by atoms with Crippen molar-refractivity contribution < 1.29 is 9.18 Å². The molecule has 1 aliphatic rings. The standard InChI is InChI=1S/C22H24FNO/c1-24(2)15-20-14-18(16-8-4-3-5-9-16)13-19(22(20)25)12-17-10-6-7-11-21(17)23/h3-12,18,20H,13-15H2,1-2H3/b19-12+. The first-order chi connectivity index (χ1) is 12.0. The SMILES string of the molecule is CN(C)CC1CC(c2ccccc2)C/C(=C\c2ccccc2F)C1=O. The number of carbonyl (C=O) groups is 1. The number of benzene rings is 2. The van der Waals surface area contributed by atoms with Crippen LogP contribution in [-0.2, 0) is 4.79 Å². The van der Waals surface area contributed by atoms with Crippen LogP contribution >= 0.6 is 0 Å². The van der Waals surface area contributed by atoms with Gasteiger partial charge in [-0.25, -0.2) is 4.39 Å². The first kappa shape index (κ1) is 17.6. The van der Waals surface area contributed by atoms with Crippen LogP contribution in [0.4, 0.5) is 4.39 Å². The van der Waals surface area contributed by atoms with Gasteiger partial charge in [-0.2, -0.15) is 0 Å². The van der Waals surface area contributed by atoms with E-state index in [9.17, 15) is 9.18 Å². The molecule has 2 atom stereocenters. The Balaban J connectivity index is 1.95. The van der Waals surface area contributed by atoms with E-state index < -0.39 is 0 Å². The van der Waals surface area contributed by atoms with Crippen LogP contribution < -0.4 is 0 Å². The van der Waals surface area contributed by atoms with Gasteiger partial charge in [0.2, 0.25) is 0 Å². The van der Waals surface area contributed by atoms with Gasteiger partial charge in [-0.15, -0.1) is 0 Å². The lowest BCUT2D eigenvalue weighted by molar-refractivity contribution is -0.121. The van der Waals surface area contributed by atoms with Crippen LogP contribution in [0.2, 0.25) is 0 Å². The number of hydrogen-bond acceptors (Lipinski definition) is 2. The normalized spacial score (nSPS) is 22.6. The first-order valence-corrected chi connectivity index (χ1v) is 8.73. The summed E-state index contributed by atoms with van der Waals surface area (Å²) in [4.78, 5) is 15.0. The lowest BCUT2D eigenvalue weighted by Crippen LogP contribution is -2.34. The average molecular weight is 337 g/mol. The number of ketones is 1. The summed E-state index contributed by atoms with van der Waals surface area (Å²) in [6.07, 6.45) is 3.26. The van der Waals surface area contributed by atoms with E-state index in [-0.39, 0.29) is 17.5 Å². The molecule has 0 aliphatic heterocycles. The fraction of sp³-hybridized carbons (Fsp3) is 0.318. The van der Waals surface area contributed by atoms with Gasteiger partial charge in [0, 0.05) is 18.0 Å². The molecule has 0 heterocycles. The van der Waals surface area contributed by atoms with Crippen molar-refractivity contribution in [1.29, 1.82) is 0 Å². The number of rotatable bonds is 4. The lowest BCUT2D eigenvalue weighted by Gasteiger charge is -2.32. The molecular formula is C22H24FNO. The predicted octanol–water partition coefficient (Wildman–Crippen LogP) is 4.53. The molecular weight excluding hydrogens is 313 g/mol. The molecule has 0 amide bonds. The number of halogens is 1. The van der Waals surface area contributed by atoms with Gasteiger partial charge in [0.25, 0.3) is 0 Å². The second kappa shape index (κ2) is 7.75. The van der Waals surface area contributed by atoms with Crippen LogP contribution in [-0.4, -0.2) is 31.3 Å². The third-order valence-corrected chi connectivity index (χ3v) is 4.81. The van der Waals surface area contributed by atoms with Crippen molar-refractivity contribution >= 4 is 11.9 Å². The van der Waals surface area contributed by atoms with Gasteiger partial charge in [-0.1, -0.05) is 48.5 Å². The summed E-state index contributed by atoms with van der Waals surface area (Å²) in [5, 5.41) is 0. The quantitative estimate of drug-likeness (QED) is 0.764. The summed E-state index contributed by atoms with van der Waals surface area (Å²) >= 11 is 0. The highest BCUT2D eigenvalue weighted by Gasteiger charge is 2.33. The maximum absolute atomic E-state index is 14.0. The molecule has 130 valence electrons. The molecule has 1 aliphatic carbocycles. The minimum Gasteiger partial charge on any atom is -0.309 e. The molecule has 3 heteroatoms. The molecule has 1 fully saturated rings. The monoisotopic (exact) mass is 337 g/mol. The second-order valence-electron chi connectivity index (χ2n) is 7.06. The molecule has 2 aromatic carbocycles. The van der Waals surface area contributed by atoms with E-state index in [0.29, 0.717) is 17.9 Å². The molecule has 0 N–H and O–H groups in total. The minimum atomic E-state index is -0.284. The summed E-state index contributed by atoms with van der Waals surface area (Å²) in [5.41, 5.74) is 2.47. The number of carbonyl (C=O) groups excluding carboxylic acids is 1. The minimum absolute atomic E-state index is 0.0491. The Bertz CT molecular complexity index is 767. The summed E-state index contributed by atoms with van der Waals surface area (Å²) in [6.45, 7) is 0.719. The number of Topliss-reactive ketones (excluding diaryl/α,β-unsaturated/α-hetero) is 1. The van der Waals surface area contributed by atoms with Crippen LogP contribution in [0.1, 0.15) is 29.9 Å². The molecule has 3 rings (SSSR count). The Morgan fingerprint density at radius 2 is 1.76 bits per heavy atom. The Kier molecular flexibility index (Phi) is 5.44. The molecule has 0 saturated heterocycles. The van der Waals surface area contributed by atoms with Crippen molar-refractivity contribution in [2.75, 3.05) is 20.6 Å². The highest BCUT2D eigenvalue weighted by Crippen LogP contribution is 2.38. The number of allylic oxidation sites excluding steroid dienone is 1. The van der Waals surface area contributed by atoms with Crippen LogP contribution in [0, 0.1) is 11.7 Å². The van der Waals surface area contributed by atoms with E-state index in [2.05, 4.69) is 17.0 Å². The molecule has 2 nitrogen and oxygen atoms in total. The van der Waals surface area contributed by atoms with E-state index in [1.165, 1.54) is 11.6 Å². The maximum Gasteiger partial charge on any atom is 0.163 e. The largest absolute Gasteiger partial charge is 0.309 e. The van der Waals surface area contributed by atoms with E-state index >= 15 is 0 Å². The van der Waals surface area contributed by atoms with E-state index in [1.54, 1.807) is 24.3 Å². The zero-order chi connectivity index (χ0) is 17.8. The fourth-order valence-electron chi connectivity index (χ4n) is 3.65. The second-order valence-corrected chi connectivity index (χ2v) is 7.06. The van der Waals surface area contributed by atoms with Crippen molar-refractivity contribution in [3.8, 4) is 0 Å². The van der Waals surface area contributed by atoms with Crippen LogP contribution in [0.15, 0.2) is 60.2 Å². The van der Waals surface area contributed by atoms with Crippen molar-refractivity contribution in [2.45, 2.75) is 18.8 Å². The zero-order valence-electron chi connectivity index (χ0n) is 14.8. The van der Waals surface area contributed by atoms with Gasteiger partial charge < -0.3 is 4.90 Å². The van der Waals surface area contributed by atoms with Crippen LogP contribution in [0.3, 0.4) is 0 Å². The lowest BCUT2D eigenvalue weighted by atomic mass is 9.74. The first-order valence-electron chi connectivity index (χ1n) is 8.73. The van der Waals surface area contributed by atoms with E-state index in [0.717, 1.165) is 18.5 Å². The van der Waals surface area contributed by atoms with E-state index in [1.807, 2.05) is 32.3 Å². The molecule has 0 spiro atoms. The van der Waals surface area contributed by atoms with Gasteiger partial charge in [-0.3, -0.25) is 4.79 Å². The third kappa shape index (κ3) is 4.23. The van der Waals surface area contributed by atoms with Gasteiger partial charge in [0.15, 0.2) is 5.78 Å². The zero-order valence-corrected chi connectivity index (χ0v) is 14.8. The molecule has 0 radical (unpaired) electrons. The Morgan fingerprint density at radius 3 is 2.44 bits per heavy atom. The Morgan fingerprint density at radius 1 is 1.08 bits per heavy atom. The predicted molar refractivity (Wildman–Crippen MR) is 99.8 cm³/mol. The number of hydrogen-bond donors (Lipinski definition) is 0. The van der Waals surface area contributed by atoms with Crippen molar-refractivity contribution in [3.05, 3.63) is 77.1 Å². The van der Waals surface area contributed by atoms with Gasteiger partial charge in [0.1, 0.15) is 5.82 Å². The van der Waals surface area contributed by atoms with Gasteiger partial charge >= 0.3 is 0 Å². The highest BCUT2D eigenvalue weighted by atomic mass is 19.1. The molecule has 2 unspecified atom stereocenters.